The molecule has 0 aromatic carbocycles. The molecule has 29 heavy (non-hydrogen) atoms. The molecule has 0 radical (unpaired) electrons. The van der Waals surface area contributed by atoms with E-state index >= 15 is 0 Å². The number of aromatic nitrogens is 2. The molecular formula is C23H37N5O. The first-order valence-corrected chi connectivity index (χ1v) is 11.1. The van der Waals surface area contributed by atoms with E-state index in [0.29, 0.717) is 18.0 Å². The van der Waals surface area contributed by atoms with Crippen molar-refractivity contribution in [1.29, 1.82) is 0 Å². The molecule has 6 nitrogen and oxygen atoms in total. The molecule has 1 aliphatic rings. The summed E-state index contributed by atoms with van der Waals surface area (Å²) in [5.74, 6) is 2.52. The van der Waals surface area contributed by atoms with Gasteiger partial charge >= 0.3 is 0 Å². The maximum Gasteiger partial charge on any atom is 0.252 e. The molecule has 0 atom stereocenters. The smallest absolute Gasteiger partial charge is 0.252 e. The number of carbonyl (C=O) groups excluding carboxylic acids is 1. The summed E-state index contributed by atoms with van der Waals surface area (Å²) < 4.78 is 2.13. The third-order valence-corrected chi connectivity index (χ3v) is 5.56. The highest BCUT2D eigenvalue weighted by atomic mass is 16.1. The number of pyridine rings is 1. The van der Waals surface area contributed by atoms with Crippen LogP contribution >= 0.6 is 0 Å². The summed E-state index contributed by atoms with van der Waals surface area (Å²) in [7, 11) is 4.23. The molecule has 1 fully saturated rings. The Morgan fingerprint density at radius 3 is 2.66 bits per heavy atom. The predicted octanol–water partition coefficient (Wildman–Crippen LogP) is 3.45. The molecular weight excluding hydrogens is 362 g/mol. The third kappa shape index (κ3) is 5.72. The second-order valence-electron chi connectivity index (χ2n) is 9.01. The Labute approximate surface area is 175 Å². The van der Waals surface area contributed by atoms with Crippen LogP contribution in [0.3, 0.4) is 0 Å². The zero-order chi connectivity index (χ0) is 21.0. The Balaban J connectivity index is 1.90. The van der Waals surface area contributed by atoms with Gasteiger partial charge in [-0.05, 0) is 63.7 Å². The van der Waals surface area contributed by atoms with E-state index in [1.165, 1.54) is 12.8 Å². The van der Waals surface area contributed by atoms with Gasteiger partial charge in [0.25, 0.3) is 5.91 Å². The van der Waals surface area contributed by atoms with Crippen molar-refractivity contribution >= 4 is 17.4 Å². The molecule has 0 aliphatic heterocycles. The maximum absolute atomic E-state index is 12.7. The summed E-state index contributed by atoms with van der Waals surface area (Å²) in [5.41, 5.74) is 2.73. The zero-order valence-electron chi connectivity index (χ0n) is 18.7. The van der Waals surface area contributed by atoms with Gasteiger partial charge in [0.2, 0.25) is 0 Å². The van der Waals surface area contributed by atoms with Crippen molar-refractivity contribution in [2.75, 3.05) is 45.2 Å². The van der Waals surface area contributed by atoms with Crippen molar-refractivity contribution in [2.45, 2.75) is 46.5 Å². The molecule has 0 unspecified atom stereocenters. The van der Waals surface area contributed by atoms with Gasteiger partial charge in [-0.1, -0.05) is 20.8 Å². The number of nitrogens with one attached hydrogen (secondary N) is 1. The van der Waals surface area contributed by atoms with Gasteiger partial charge in [-0.25, -0.2) is 4.98 Å². The largest absolute Gasteiger partial charge is 0.355 e. The normalized spacial score (nSPS) is 14.2. The van der Waals surface area contributed by atoms with Crippen LogP contribution in [0.5, 0.6) is 0 Å². The molecule has 1 aliphatic carbocycles. The number of rotatable bonds is 11. The Hall–Kier alpha value is -2.08. The van der Waals surface area contributed by atoms with E-state index in [1.807, 2.05) is 18.3 Å². The molecule has 160 valence electrons. The minimum atomic E-state index is -0.00715. The standard InChI is InChI=1S/C23H37N5O/c1-6-20-23(27(14-13-26(4)5)15-18-7-8-18)28-16-19(9-10-21(28)25-20)22(29)24-12-11-17(2)3/h9-10,16-18H,6-8,11-15H2,1-5H3,(H,24,29). The monoisotopic (exact) mass is 399 g/mol. The van der Waals surface area contributed by atoms with Crippen LogP contribution in [-0.2, 0) is 6.42 Å². The van der Waals surface area contributed by atoms with Gasteiger partial charge in [0.1, 0.15) is 11.5 Å². The summed E-state index contributed by atoms with van der Waals surface area (Å²) in [6.07, 6.45) is 6.48. The zero-order valence-corrected chi connectivity index (χ0v) is 18.7. The van der Waals surface area contributed by atoms with Crippen LogP contribution in [0.25, 0.3) is 5.65 Å². The SMILES string of the molecule is CCc1nc2ccc(C(=O)NCCC(C)C)cn2c1N(CCN(C)C)CC1CC1. The number of fused-ring (bicyclic) bond motifs is 1. The quantitative estimate of drug-likeness (QED) is 0.629. The lowest BCUT2D eigenvalue weighted by molar-refractivity contribution is 0.0951. The van der Waals surface area contributed by atoms with Crippen LogP contribution in [0.1, 0.15) is 56.1 Å². The van der Waals surface area contributed by atoms with Crippen LogP contribution in [0.15, 0.2) is 18.3 Å². The van der Waals surface area contributed by atoms with Gasteiger partial charge in [-0.3, -0.25) is 9.20 Å². The van der Waals surface area contributed by atoms with E-state index in [0.717, 1.165) is 55.6 Å². The summed E-state index contributed by atoms with van der Waals surface area (Å²) in [6.45, 7) is 10.2. The molecule has 0 saturated heterocycles. The average molecular weight is 400 g/mol. The molecule has 3 rings (SSSR count). The number of aryl methyl sites for hydroxylation is 1. The van der Waals surface area contributed by atoms with Crippen molar-refractivity contribution < 1.29 is 4.79 Å². The Morgan fingerprint density at radius 2 is 2.03 bits per heavy atom. The fraction of sp³-hybridized carbons (Fsp3) is 0.652. The molecule has 6 heteroatoms. The summed E-state index contributed by atoms with van der Waals surface area (Å²) in [4.78, 5) is 22.2. The summed E-state index contributed by atoms with van der Waals surface area (Å²) in [6, 6.07) is 3.86. The number of imidazole rings is 1. The molecule has 0 bridgehead atoms. The van der Waals surface area contributed by atoms with Crippen LogP contribution in [0.4, 0.5) is 5.82 Å². The first-order chi connectivity index (χ1) is 13.9. The van der Waals surface area contributed by atoms with Gasteiger partial charge in [-0.2, -0.15) is 0 Å². The lowest BCUT2D eigenvalue weighted by Crippen LogP contribution is -2.34. The van der Waals surface area contributed by atoms with Crippen LogP contribution in [0.2, 0.25) is 0 Å². The number of amides is 1. The number of anilines is 1. The summed E-state index contributed by atoms with van der Waals surface area (Å²) in [5, 5.41) is 3.05. The lowest BCUT2D eigenvalue weighted by Gasteiger charge is -2.27. The van der Waals surface area contributed by atoms with Gasteiger partial charge < -0.3 is 15.1 Å². The van der Waals surface area contributed by atoms with Gasteiger partial charge in [0.05, 0.1) is 11.3 Å². The van der Waals surface area contributed by atoms with Gasteiger partial charge in [-0.15, -0.1) is 0 Å². The van der Waals surface area contributed by atoms with E-state index < -0.39 is 0 Å². The minimum absolute atomic E-state index is 0.00715. The van der Waals surface area contributed by atoms with Gasteiger partial charge in [0, 0.05) is 32.4 Å². The topological polar surface area (TPSA) is 52.9 Å². The van der Waals surface area contributed by atoms with E-state index in [4.69, 9.17) is 4.98 Å². The molecule has 2 aromatic rings. The summed E-state index contributed by atoms with van der Waals surface area (Å²) >= 11 is 0. The van der Waals surface area contributed by atoms with E-state index in [1.54, 1.807) is 0 Å². The molecule has 0 spiro atoms. The van der Waals surface area contributed by atoms with Crippen molar-refractivity contribution in [1.82, 2.24) is 19.6 Å². The molecule has 2 aromatic heterocycles. The van der Waals surface area contributed by atoms with Crippen molar-refractivity contribution in [3.8, 4) is 0 Å². The first-order valence-electron chi connectivity index (χ1n) is 11.1. The highest BCUT2D eigenvalue weighted by molar-refractivity contribution is 5.94. The highest BCUT2D eigenvalue weighted by Crippen LogP contribution is 2.33. The number of carbonyl (C=O) groups is 1. The number of likely N-dealkylation sites (N-methyl/N-ethyl adjacent to an activating group) is 1. The van der Waals surface area contributed by atoms with Crippen molar-refractivity contribution in [3.05, 3.63) is 29.6 Å². The van der Waals surface area contributed by atoms with Crippen LogP contribution in [0, 0.1) is 11.8 Å². The van der Waals surface area contributed by atoms with Crippen molar-refractivity contribution in [2.24, 2.45) is 11.8 Å². The highest BCUT2D eigenvalue weighted by Gasteiger charge is 2.27. The Kier molecular flexibility index (Phi) is 7.17. The minimum Gasteiger partial charge on any atom is -0.355 e. The number of hydrogen-bond donors (Lipinski definition) is 1. The lowest BCUT2D eigenvalue weighted by atomic mass is 10.1. The first kappa shape index (κ1) is 21.6. The second kappa shape index (κ2) is 9.61. The second-order valence-corrected chi connectivity index (χ2v) is 9.01. The third-order valence-electron chi connectivity index (χ3n) is 5.56. The van der Waals surface area contributed by atoms with Crippen molar-refractivity contribution in [3.63, 3.8) is 0 Å². The van der Waals surface area contributed by atoms with Gasteiger partial charge in [0.15, 0.2) is 0 Å². The predicted molar refractivity (Wildman–Crippen MR) is 120 cm³/mol. The Morgan fingerprint density at radius 1 is 1.28 bits per heavy atom. The maximum atomic E-state index is 12.7. The van der Waals surface area contributed by atoms with E-state index in [9.17, 15) is 4.79 Å². The number of hydrogen-bond acceptors (Lipinski definition) is 4. The molecule has 2 heterocycles. The fourth-order valence-corrected chi connectivity index (χ4v) is 3.58. The Bertz CT molecular complexity index is 822. The number of nitrogens with zero attached hydrogens (tertiary/aromatic N) is 4. The van der Waals surface area contributed by atoms with Crippen LogP contribution in [-0.4, -0.2) is 60.5 Å². The van der Waals surface area contributed by atoms with E-state index in [2.05, 4.69) is 54.4 Å². The molecule has 1 saturated carbocycles. The van der Waals surface area contributed by atoms with Crippen LogP contribution < -0.4 is 10.2 Å². The molecule has 1 N–H and O–H groups in total. The average Bonchev–Trinajstić information content (AvgIpc) is 3.42. The van der Waals surface area contributed by atoms with E-state index in [-0.39, 0.29) is 5.91 Å². The molecule has 1 amide bonds. The fourth-order valence-electron chi connectivity index (χ4n) is 3.58.